The summed E-state index contributed by atoms with van der Waals surface area (Å²) in [6.07, 6.45) is 0.502. The lowest BCUT2D eigenvalue weighted by molar-refractivity contribution is 0.0920. The predicted octanol–water partition coefficient (Wildman–Crippen LogP) is 2.12. The Balaban J connectivity index is 2.95. The smallest absolute Gasteiger partial charge is 0.256 e. The molecule has 2 N–H and O–H groups in total. The van der Waals surface area contributed by atoms with E-state index in [2.05, 4.69) is 5.32 Å². The highest BCUT2D eigenvalue weighted by Crippen LogP contribution is 2.19. The summed E-state index contributed by atoms with van der Waals surface area (Å²) >= 11 is 0. The molecule has 0 saturated carbocycles. The number of nitrogens with zero attached hydrogens (tertiary/aromatic N) is 1. The first kappa shape index (κ1) is 13.0. The molecule has 0 heterocycles. The summed E-state index contributed by atoms with van der Waals surface area (Å²) in [5.41, 5.74) is 0.150. The van der Waals surface area contributed by atoms with E-state index in [1.165, 1.54) is 6.07 Å². The third kappa shape index (κ3) is 2.97. The van der Waals surface area contributed by atoms with E-state index in [1.807, 2.05) is 19.9 Å². The number of rotatable bonds is 3. The molecule has 0 saturated heterocycles. The van der Waals surface area contributed by atoms with Crippen LogP contribution in [0.3, 0.4) is 0 Å². The molecule has 1 atom stereocenters. The zero-order chi connectivity index (χ0) is 13.1. The van der Waals surface area contributed by atoms with Crippen LogP contribution in [0.1, 0.15) is 36.2 Å². The van der Waals surface area contributed by atoms with Gasteiger partial charge in [-0.05, 0) is 38.0 Å². The van der Waals surface area contributed by atoms with E-state index < -0.39 is 11.4 Å². The summed E-state index contributed by atoms with van der Waals surface area (Å²) < 4.78 is 0. The highest BCUT2D eigenvalue weighted by Gasteiger charge is 2.25. The van der Waals surface area contributed by atoms with Gasteiger partial charge >= 0.3 is 0 Å². The van der Waals surface area contributed by atoms with Gasteiger partial charge in [-0.15, -0.1) is 0 Å². The average Bonchev–Trinajstić information content (AvgIpc) is 2.28. The zero-order valence-electron chi connectivity index (χ0n) is 10.2. The second-order valence-electron chi connectivity index (χ2n) is 4.27. The van der Waals surface area contributed by atoms with Gasteiger partial charge in [-0.2, -0.15) is 5.26 Å². The Morgan fingerprint density at radius 3 is 2.71 bits per heavy atom. The highest BCUT2D eigenvalue weighted by atomic mass is 16.3. The minimum Gasteiger partial charge on any atom is -0.507 e. The van der Waals surface area contributed by atoms with Gasteiger partial charge in [-0.1, -0.05) is 13.0 Å². The van der Waals surface area contributed by atoms with Crippen molar-refractivity contribution in [2.24, 2.45) is 0 Å². The van der Waals surface area contributed by atoms with Crippen LogP contribution in [-0.2, 0) is 0 Å². The molecule has 0 aromatic heterocycles. The van der Waals surface area contributed by atoms with Crippen molar-refractivity contribution in [3.8, 4) is 11.8 Å². The molecule has 0 aliphatic rings. The summed E-state index contributed by atoms with van der Waals surface area (Å²) in [5.74, 6) is -0.507. The summed E-state index contributed by atoms with van der Waals surface area (Å²) in [6, 6.07) is 6.85. The minimum absolute atomic E-state index is 0.0705. The number of benzene rings is 1. The molecular formula is C13H16N2O2. The molecule has 0 spiro atoms. The minimum atomic E-state index is -0.908. The fourth-order valence-corrected chi connectivity index (χ4v) is 1.35. The maximum absolute atomic E-state index is 11.9. The van der Waals surface area contributed by atoms with Crippen molar-refractivity contribution < 1.29 is 9.90 Å². The first-order valence-corrected chi connectivity index (χ1v) is 5.45. The standard InChI is InChI=1S/C13H16N2O2/c1-4-13(3,8-14)15-12(17)10-6-5-9(2)7-11(10)16/h5-7,16H,4H2,1-3H3,(H,15,17). The van der Waals surface area contributed by atoms with Crippen molar-refractivity contribution in [1.82, 2.24) is 5.32 Å². The van der Waals surface area contributed by atoms with E-state index in [1.54, 1.807) is 19.1 Å². The number of phenols is 1. The van der Waals surface area contributed by atoms with Crippen LogP contribution in [0.15, 0.2) is 18.2 Å². The van der Waals surface area contributed by atoms with Crippen LogP contribution in [-0.4, -0.2) is 16.6 Å². The largest absolute Gasteiger partial charge is 0.507 e. The third-order valence-electron chi connectivity index (χ3n) is 2.74. The molecule has 1 aromatic rings. The van der Waals surface area contributed by atoms with Crippen LogP contribution >= 0.6 is 0 Å². The van der Waals surface area contributed by atoms with E-state index in [0.29, 0.717) is 6.42 Å². The van der Waals surface area contributed by atoms with Crippen LogP contribution in [0.4, 0.5) is 0 Å². The van der Waals surface area contributed by atoms with Gasteiger partial charge in [0.05, 0.1) is 11.6 Å². The lowest BCUT2D eigenvalue weighted by Crippen LogP contribution is -2.44. The summed E-state index contributed by atoms with van der Waals surface area (Å²) in [6.45, 7) is 5.29. The number of hydrogen-bond acceptors (Lipinski definition) is 3. The second-order valence-corrected chi connectivity index (χ2v) is 4.27. The summed E-state index contributed by atoms with van der Waals surface area (Å²) in [7, 11) is 0. The Kier molecular flexibility index (Phi) is 3.74. The molecule has 1 amide bonds. The average molecular weight is 232 g/mol. The van der Waals surface area contributed by atoms with Crippen molar-refractivity contribution in [2.75, 3.05) is 0 Å². The number of nitriles is 1. The fourth-order valence-electron chi connectivity index (χ4n) is 1.35. The van der Waals surface area contributed by atoms with Crippen LogP contribution < -0.4 is 5.32 Å². The number of phenolic OH excluding ortho intramolecular Hbond substituents is 1. The van der Waals surface area contributed by atoms with Gasteiger partial charge in [0.25, 0.3) is 5.91 Å². The van der Waals surface area contributed by atoms with Crippen LogP contribution in [0.2, 0.25) is 0 Å². The third-order valence-corrected chi connectivity index (χ3v) is 2.74. The molecule has 1 unspecified atom stereocenters. The molecular weight excluding hydrogens is 216 g/mol. The second kappa shape index (κ2) is 4.88. The van der Waals surface area contributed by atoms with Crippen molar-refractivity contribution >= 4 is 5.91 Å². The maximum Gasteiger partial charge on any atom is 0.256 e. The summed E-state index contributed by atoms with van der Waals surface area (Å²) in [4.78, 5) is 11.9. The first-order chi connectivity index (χ1) is 7.91. The number of nitrogens with one attached hydrogen (secondary N) is 1. The van der Waals surface area contributed by atoms with Gasteiger partial charge in [-0.3, -0.25) is 4.79 Å². The molecule has 1 aromatic carbocycles. The van der Waals surface area contributed by atoms with E-state index in [0.717, 1.165) is 5.56 Å². The lowest BCUT2D eigenvalue weighted by Gasteiger charge is -2.21. The monoisotopic (exact) mass is 232 g/mol. The molecule has 90 valence electrons. The van der Waals surface area contributed by atoms with Crippen molar-refractivity contribution in [2.45, 2.75) is 32.7 Å². The van der Waals surface area contributed by atoms with Gasteiger partial charge in [-0.25, -0.2) is 0 Å². The lowest BCUT2D eigenvalue weighted by atomic mass is 10.00. The molecule has 0 radical (unpaired) electrons. The number of hydrogen-bond donors (Lipinski definition) is 2. The number of carbonyl (C=O) groups is 1. The van der Waals surface area contributed by atoms with E-state index in [-0.39, 0.29) is 11.3 Å². The number of amides is 1. The maximum atomic E-state index is 11.9. The van der Waals surface area contributed by atoms with Gasteiger partial charge in [0.2, 0.25) is 0 Å². The van der Waals surface area contributed by atoms with Crippen LogP contribution in [0.5, 0.6) is 5.75 Å². The van der Waals surface area contributed by atoms with E-state index >= 15 is 0 Å². The highest BCUT2D eigenvalue weighted by molar-refractivity contribution is 5.97. The normalized spacial score (nSPS) is 13.5. The van der Waals surface area contributed by atoms with Crippen molar-refractivity contribution in [1.29, 1.82) is 5.26 Å². The SMILES string of the molecule is CCC(C)(C#N)NC(=O)c1ccc(C)cc1O. The first-order valence-electron chi connectivity index (χ1n) is 5.45. The molecule has 4 nitrogen and oxygen atoms in total. The molecule has 0 fully saturated rings. The molecule has 17 heavy (non-hydrogen) atoms. The Hall–Kier alpha value is -2.02. The fraction of sp³-hybridized carbons (Fsp3) is 0.385. The van der Waals surface area contributed by atoms with E-state index in [9.17, 15) is 9.90 Å². The molecule has 0 aliphatic carbocycles. The molecule has 0 aliphatic heterocycles. The predicted molar refractivity (Wildman–Crippen MR) is 64.6 cm³/mol. The van der Waals surface area contributed by atoms with Gasteiger partial charge < -0.3 is 10.4 Å². The zero-order valence-corrected chi connectivity index (χ0v) is 10.2. The van der Waals surface area contributed by atoms with Crippen molar-refractivity contribution in [3.63, 3.8) is 0 Å². The van der Waals surface area contributed by atoms with Crippen LogP contribution in [0.25, 0.3) is 0 Å². The molecule has 4 heteroatoms. The Morgan fingerprint density at radius 2 is 2.24 bits per heavy atom. The van der Waals surface area contributed by atoms with Gasteiger partial charge in [0.1, 0.15) is 11.3 Å². The summed E-state index contributed by atoms with van der Waals surface area (Å²) in [5, 5.41) is 21.2. The van der Waals surface area contributed by atoms with E-state index in [4.69, 9.17) is 5.26 Å². The topological polar surface area (TPSA) is 73.1 Å². The van der Waals surface area contributed by atoms with Crippen LogP contribution in [0, 0.1) is 18.3 Å². The Morgan fingerprint density at radius 1 is 1.59 bits per heavy atom. The van der Waals surface area contributed by atoms with Gasteiger partial charge in [0.15, 0.2) is 0 Å². The number of carbonyl (C=O) groups excluding carboxylic acids is 1. The quantitative estimate of drug-likeness (QED) is 0.838. The van der Waals surface area contributed by atoms with Gasteiger partial charge in [0, 0.05) is 0 Å². The van der Waals surface area contributed by atoms with Crippen molar-refractivity contribution in [3.05, 3.63) is 29.3 Å². The Labute approximate surface area is 101 Å². The number of aryl methyl sites for hydroxylation is 1. The molecule has 1 rings (SSSR count). The molecule has 0 bridgehead atoms. The number of aromatic hydroxyl groups is 1. The Bertz CT molecular complexity index is 477.